The van der Waals surface area contributed by atoms with Gasteiger partial charge in [-0.2, -0.15) is 4.39 Å². The van der Waals surface area contributed by atoms with E-state index in [1.165, 1.54) is 0 Å². The molecule has 0 fully saturated rings. The Kier molecular flexibility index (Phi) is 3.69. The molecular weight excluding hydrogens is 207 g/mol. The molecule has 0 aromatic heterocycles. The second-order valence-electron chi connectivity index (χ2n) is 1.29. The zero-order chi connectivity index (χ0) is 8.36. The lowest BCUT2D eigenvalue weighted by Gasteiger charge is -2.14. The number of nitrogens with zero attached hydrogens (tertiary/aromatic N) is 1. The van der Waals surface area contributed by atoms with Gasteiger partial charge in [-0.05, 0) is 0 Å². The zero-order valence-corrected chi connectivity index (χ0v) is 7.10. The first kappa shape index (κ1) is 10.3. The van der Waals surface area contributed by atoms with E-state index in [4.69, 9.17) is 23.2 Å². The Bertz CT molecular complexity index is 139. The van der Waals surface area contributed by atoms with E-state index in [1.807, 2.05) is 0 Å². The van der Waals surface area contributed by atoms with Crippen molar-refractivity contribution in [1.29, 1.82) is 0 Å². The lowest BCUT2D eigenvalue weighted by atomic mass is 11.2. The molecule has 0 saturated carbocycles. The zero-order valence-electron chi connectivity index (χ0n) is 4.78. The van der Waals surface area contributed by atoms with Crippen LogP contribution >= 0.6 is 35.1 Å². The number of halogens is 4. The summed E-state index contributed by atoms with van der Waals surface area (Å²) in [6.07, 6.45) is -1.81. The molecule has 10 heavy (non-hydrogen) atoms. The van der Waals surface area contributed by atoms with E-state index in [-0.39, 0.29) is 11.9 Å². The molecule has 0 rings (SSSR count). The van der Waals surface area contributed by atoms with Crippen LogP contribution in [0, 0.1) is 0 Å². The summed E-state index contributed by atoms with van der Waals surface area (Å²) >= 11 is 9.58. The Labute approximate surface area is 70.6 Å². The number of rotatable bonds is 2. The van der Waals surface area contributed by atoms with Gasteiger partial charge in [0.2, 0.25) is 0 Å². The minimum Gasteiger partial charge on any atom is -0.256 e. The van der Waals surface area contributed by atoms with Gasteiger partial charge in [-0.1, -0.05) is 23.2 Å². The van der Waals surface area contributed by atoms with Crippen LogP contribution in [0.25, 0.3) is 0 Å². The number of hydrogen-bond donors (Lipinski definition) is 0. The van der Waals surface area contributed by atoms with Crippen molar-refractivity contribution in [3.05, 3.63) is 0 Å². The molecule has 0 atom stereocenters. The van der Waals surface area contributed by atoms with Gasteiger partial charge in [0.15, 0.2) is 0 Å². The van der Waals surface area contributed by atoms with Crippen LogP contribution in [0.1, 0.15) is 0 Å². The third-order valence-electron chi connectivity index (χ3n) is 0.488. The SMILES string of the molecule is CN(SC(F)(Cl)Cl)C(=O)F. The van der Waals surface area contributed by atoms with Gasteiger partial charge < -0.3 is 0 Å². The molecule has 0 spiro atoms. The number of amides is 1. The maximum absolute atomic E-state index is 12.1. The van der Waals surface area contributed by atoms with Gasteiger partial charge in [0.05, 0.1) is 0 Å². The highest BCUT2D eigenvalue weighted by Gasteiger charge is 2.28. The van der Waals surface area contributed by atoms with Gasteiger partial charge in [-0.25, -0.2) is 4.79 Å². The lowest BCUT2D eigenvalue weighted by Crippen LogP contribution is -2.17. The van der Waals surface area contributed by atoms with Gasteiger partial charge in [-0.3, -0.25) is 4.31 Å². The van der Waals surface area contributed by atoms with Crippen LogP contribution in [0.4, 0.5) is 13.6 Å². The summed E-state index contributed by atoms with van der Waals surface area (Å²) in [6, 6.07) is 0. The largest absolute Gasteiger partial charge is 0.410 e. The Hall–Kier alpha value is 0.260. The monoisotopic (exact) mass is 209 g/mol. The van der Waals surface area contributed by atoms with Gasteiger partial charge in [-0.15, -0.1) is 4.39 Å². The highest BCUT2D eigenvalue weighted by atomic mass is 35.5. The Balaban J connectivity index is 3.80. The molecule has 7 heteroatoms. The summed E-state index contributed by atoms with van der Waals surface area (Å²) in [7, 11) is 1.01. The minimum atomic E-state index is -2.67. The molecule has 0 unspecified atom stereocenters. The number of hydrogen-bond acceptors (Lipinski definition) is 2. The van der Waals surface area contributed by atoms with Crippen LogP contribution in [0.15, 0.2) is 0 Å². The standard InChI is InChI=1S/C3H3Cl2F2NOS/c1-8(2(6)9)10-3(4,5)7/h1H3. The van der Waals surface area contributed by atoms with E-state index in [9.17, 15) is 13.6 Å². The highest BCUT2D eigenvalue weighted by molar-refractivity contribution is 8.01. The van der Waals surface area contributed by atoms with Crippen LogP contribution in [-0.4, -0.2) is 21.4 Å². The summed E-state index contributed by atoms with van der Waals surface area (Å²) in [4.78, 5) is 9.78. The lowest BCUT2D eigenvalue weighted by molar-refractivity contribution is 0.209. The molecule has 0 N–H and O–H groups in total. The fraction of sp³-hybridized carbons (Fsp3) is 0.667. The normalized spacial score (nSPS) is 11.3. The first-order valence-corrected chi connectivity index (χ1v) is 3.55. The van der Waals surface area contributed by atoms with E-state index in [0.29, 0.717) is 4.31 Å². The summed E-state index contributed by atoms with van der Waals surface area (Å²) in [6.45, 7) is 0. The van der Waals surface area contributed by atoms with Crippen LogP contribution in [0.3, 0.4) is 0 Å². The fourth-order valence-corrected chi connectivity index (χ4v) is 1.19. The van der Waals surface area contributed by atoms with E-state index in [1.54, 1.807) is 0 Å². The molecule has 0 heterocycles. The van der Waals surface area contributed by atoms with Crippen molar-refractivity contribution in [2.75, 3.05) is 7.05 Å². The number of alkyl halides is 3. The average Bonchev–Trinajstić information content (AvgIpc) is 1.60. The third-order valence-corrected chi connectivity index (χ3v) is 1.53. The summed E-state index contributed by atoms with van der Waals surface area (Å²) in [5.41, 5.74) is 0. The summed E-state index contributed by atoms with van der Waals surface area (Å²) < 4.78 is 21.4. The van der Waals surface area contributed by atoms with Crippen molar-refractivity contribution < 1.29 is 13.6 Å². The smallest absolute Gasteiger partial charge is 0.256 e. The number of carbonyl (C=O) groups excluding carboxylic acids is 1. The highest BCUT2D eigenvalue weighted by Crippen LogP contribution is 2.37. The van der Waals surface area contributed by atoms with Gasteiger partial charge in [0, 0.05) is 19.0 Å². The Morgan fingerprint density at radius 1 is 1.70 bits per heavy atom. The van der Waals surface area contributed by atoms with Crippen LogP contribution in [-0.2, 0) is 0 Å². The number of carbonyl (C=O) groups is 1. The van der Waals surface area contributed by atoms with Crippen molar-refractivity contribution >= 4 is 41.3 Å². The molecule has 0 radical (unpaired) electrons. The van der Waals surface area contributed by atoms with Crippen molar-refractivity contribution in [3.63, 3.8) is 0 Å². The molecular formula is C3H3Cl2F2NOS. The first-order chi connectivity index (χ1) is 4.33. The van der Waals surface area contributed by atoms with Crippen LogP contribution < -0.4 is 0 Å². The minimum absolute atomic E-state index is 0.0378. The van der Waals surface area contributed by atoms with Crippen molar-refractivity contribution in [3.8, 4) is 0 Å². The van der Waals surface area contributed by atoms with Crippen LogP contribution in [0.2, 0.25) is 0 Å². The van der Waals surface area contributed by atoms with Crippen molar-refractivity contribution in [1.82, 2.24) is 4.31 Å². The third kappa shape index (κ3) is 5.08. The van der Waals surface area contributed by atoms with Crippen molar-refractivity contribution in [2.45, 2.75) is 3.92 Å². The van der Waals surface area contributed by atoms with E-state index < -0.39 is 10.1 Å². The maximum Gasteiger partial charge on any atom is 0.410 e. The van der Waals surface area contributed by atoms with E-state index in [2.05, 4.69) is 0 Å². The van der Waals surface area contributed by atoms with E-state index >= 15 is 0 Å². The quantitative estimate of drug-likeness (QED) is 0.302. The summed E-state index contributed by atoms with van der Waals surface area (Å²) in [5.74, 6) is 0. The molecule has 60 valence electrons. The second-order valence-corrected chi connectivity index (χ2v) is 4.26. The van der Waals surface area contributed by atoms with Crippen LogP contribution in [0.5, 0.6) is 0 Å². The predicted octanol–water partition coefficient (Wildman–Crippen LogP) is 2.71. The Morgan fingerprint density at radius 2 is 2.10 bits per heavy atom. The molecule has 2 nitrogen and oxygen atoms in total. The molecule has 0 aliphatic carbocycles. The second kappa shape index (κ2) is 3.59. The molecule has 0 aromatic carbocycles. The van der Waals surface area contributed by atoms with Gasteiger partial charge >= 0.3 is 10.1 Å². The predicted molar refractivity (Wildman–Crippen MR) is 37.4 cm³/mol. The first-order valence-electron chi connectivity index (χ1n) is 2.02. The van der Waals surface area contributed by atoms with Crippen molar-refractivity contribution in [2.24, 2.45) is 0 Å². The topological polar surface area (TPSA) is 20.3 Å². The molecule has 1 amide bonds. The van der Waals surface area contributed by atoms with E-state index in [0.717, 1.165) is 7.05 Å². The molecule has 0 bridgehead atoms. The molecule has 0 aliphatic heterocycles. The molecule has 0 aliphatic rings. The fourth-order valence-electron chi connectivity index (χ4n) is 0.191. The molecule has 0 aromatic rings. The van der Waals surface area contributed by atoms with Gasteiger partial charge in [0.1, 0.15) is 0 Å². The summed E-state index contributed by atoms with van der Waals surface area (Å²) in [5, 5.41) is 0. The average molecular weight is 210 g/mol. The maximum atomic E-state index is 12.1. The Morgan fingerprint density at radius 3 is 2.20 bits per heavy atom. The van der Waals surface area contributed by atoms with Gasteiger partial charge in [0.25, 0.3) is 0 Å². The molecule has 0 saturated heterocycles.